The van der Waals surface area contributed by atoms with E-state index in [0.29, 0.717) is 121 Å². The van der Waals surface area contributed by atoms with Crippen LogP contribution in [-0.4, -0.2) is 72.6 Å². The fourth-order valence-corrected chi connectivity index (χ4v) is 8.59. The normalized spacial score (nSPS) is 16.6. The third-order valence-corrected chi connectivity index (χ3v) is 12.4. The summed E-state index contributed by atoms with van der Waals surface area (Å²) in [4.78, 5) is 50.6. The molecule has 15 nitrogen and oxygen atoms in total. The smallest absolute Gasteiger partial charge is 0.333 e. The predicted octanol–water partition coefficient (Wildman–Crippen LogP) is 8.92. The van der Waals surface area contributed by atoms with Gasteiger partial charge in [-0.15, -0.1) is 5.06 Å². The maximum absolute atomic E-state index is 12.2. The molecule has 2 amide bonds. The largest absolute Gasteiger partial charge is 0.497 e. The number of ether oxygens (including phenoxy) is 6. The van der Waals surface area contributed by atoms with Crippen LogP contribution >= 0.6 is 0 Å². The molecule has 3 N–H and O–H groups in total. The quantitative estimate of drug-likeness (QED) is 0.0563. The van der Waals surface area contributed by atoms with Gasteiger partial charge in [-0.25, -0.2) is 4.79 Å². The molecule has 2 unspecified atom stereocenters. The number of methoxy groups -OCH3 is 4. The van der Waals surface area contributed by atoms with E-state index in [1.54, 1.807) is 101 Å². The number of benzene rings is 6. The molecule has 3 aliphatic heterocycles. The lowest BCUT2D eigenvalue weighted by molar-refractivity contribution is -0.197. The minimum Gasteiger partial charge on any atom is -0.497 e. The lowest BCUT2D eigenvalue weighted by Crippen LogP contribution is -2.32. The van der Waals surface area contributed by atoms with Crippen LogP contribution < -0.4 is 28.4 Å². The Morgan fingerprint density at radius 2 is 0.904 bits per heavy atom. The van der Waals surface area contributed by atoms with Crippen molar-refractivity contribution in [2.75, 3.05) is 28.4 Å². The fraction of sp³-hybridized carbons (Fsp3) is 0.241. The third-order valence-electron chi connectivity index (χ3n) is 12.4. The Hall–Kier alpha value is -8.76. The summed E-state index contributed by atoms with van der Waals surface area (Å²) in [7, 11) is 6.32. The predicted molar refractivity (Wildman–Crippen MR) is 265 cm³/mol. The van der Waals surface area contributed by atoms with Gasteiger partial charge in [0.2, 0.25) is 0 Å². The van der Waals surface area contributed by atoms with Crippen LogP contribution in [0.1, 0.15) is 95.9 Å². The summed E-state index contributed by atoms with van der Waals surface area (Å²) in [5, 5.41) is 33.6. The second kappa shape index (κ2) is 22.1. The van der Waals surface area contributed by atoms with Gasteiger partial charge in [0.25, 0.3) is 11.8 Å². The number of hydrogen-bond acceptors (Lipinski definition) is 13. The number of amides is 2. The minimum absolute atomic E-state index is 0.0204. The van der Waals surface area contributed by atoms with Crippen LogP contribution in [0.2, 0.25) is 0 Å². The first-order valence-electron chi connectivity index (χ1n) is 23.3. The summed E-state index contributed by atoms with van der Waals surface area (Å²) in [6.07, 6.45) is 1.99. The lowest BCUT2D eigenvalue weighted by atomic mass is 9.78. The van der Waals surface area contributed by atoms with Crippen LogP contribution in [0.3, 0.4) is 0 Å². The van der Waals surface area contributed by atoms with Gasteiger partial charge in [-0.1, -0.05) is 60.1 Å². The molecule has 2 atom stereocenters. The number of carbonyl (C=O) groups excluding carboxylic acids is 3. The summed E-state index contributed by atoms with van der Waals surface area (Å²) in [6, 6.07) is 35.9. The van der Waals surface area contributed by atoms with Crippen LogP contribution in [0.15, 0.2) is 121 Å². The Morgan fingerprint density at radius 3 is 1.30 bits per heavy atom. The number of unbranched alkanes of at least 4 members (excludes halogenated alkanes) is 2. The van der Waals surface area contributed by atoms with Gasteiger partial charge in [0, 0.05) is 84.0 Å². The summed E-state index contributed by atoms with van der Waals surface area (Å²) >= 11 is 0. The third kappa shape index (κ3) is 10.8. The van der Waals surface area contributed by atoms with Crippen molar-refractivity contribution in [3.05, 3.63) is 166 Å². The fourth-order valence-electron chi connectivity index (χ4n) is 8.59. The highest BCUT2D eigenvalue weighted by atomic mass is 16.7. The van der Waals surface area contributed by atoms with Gasteiger partial charge in [0.05, 0.1) is 28.4 Å². The number of aliphatic hydroxyl groups is 2. The first kappa shape index (κ1) is 50.6. The van der Waals surface area contributed by atoms with E-state index in [1.807, 2.05) is 48.5 Å². The number of hydrogen-bond donors (Lipinski definition) is 3. The Balaban J connectivity index is 0.000000199. The number of hydroxylamine groups is 2. The van der Waals surface area contributed by atoms with E-state index >= 15 is 0 Å². The van der Waals surface area contributed by atoms with E-state index in [0.717, 1.165) is 0 Å². The molecular weight excluding hydrogens is 935 g/mol. The first-order valence-corrected chi connectivity index (χ1v) is 23.3. The van der Waals surface area contributed by atoms with Crippen LogP contribution in [0, 0.1) is 23.7 Å². The van der Waals surface area contributed by atoms with Crippen molar-refractivity contribution >= 4 is 23.8 Å². The molecule has 3 heterocycles. The second-order valence-electron chi connectivity index (χ2n) is 17.0. The SMILES string of the molecule is COc1ccc(C2(O)c3ccc(C#CCCCC(=O)O)cc3Oc3cc(OC)ccc32)cc1.COc1ccc(C2(O)c3ccc(C#CCCCC(=O)ON4C(=O)CCC4=O)cc3Oc3cc(OC)ccc32)cc1. The van der Waals surface area contributed by atoms with Gasteiger partial charge in [-0.05, 0) is 96.8 Å². The Bertz CT molecular complexity index is 3180. The molecule has 0 bridgehead atoms. The zero-order valence-corrected chi connectivity index (χ0v) is 40.5. The Labute approximate surface area is 421 Å². The zero-order chi connectivity index (χ0) is 51.7. The summed E-state index contributed by atoms with van der Waals surface area (Å²) in [6.45, 7) is 0. The van der Waals surface area contributed by atoms with Crippen LogP contribution in [0.25, 0.3) is 0 Å². The van der Waals surface area contributed by atoms with E-state index in [4.69, 9.17) is 38.4 Å². The molecule has 1 saturated heterocycles. The number of fused-ring (bicyclic) bond motifs is 4. The molecular formula is C58H51NO14. The molecule has 0 aliphatic carbocycles. The van der Waals surface area contributed by atoms with Crippen molar-refractivity contribution < 1.29 is 67.8 Å². The van der Waals surface area contributed by atoms with E-state index in [-0.39, 0.29) is 25.7 Å². The van der Waals surface area contributed by atoms with Crippen molar-refractivity contribution in [1.29, 1.82) is 0 Å². The Kier molecular flexibility index (Phi) is 15.3. The summed E-state index contributed by atoms with van der Waals surface area (Å²) in [5.74, 6) is 14.1. The van der Waals surface area contributed by atoms with Crippen LogP contribution in [0.4, 0.5) is 0 Å². The topological polar surface area (TPSA) is 197 Å². The van der Waals surface area contributed by atoms with Gasteiger partial charge in [0.15, 0.2) is 0 Å². The number of rotatable bonds is 13. The van der Waals surface area contributed by atoms with Gasteiger partial charge < -0.3 is 48.6 Å². The van der Waals surface area contributed by atoms with Gasteiger partial charge in [-0.2, -0.15) is 0 Å². The van der Waals surface area contributed by atoms with Crippen molar-refractivity contribution in [3.63, 3.8) is 0 Å². The van der Waals surface area contributed by atoms with Crippen molar-refractivity contribution in [2.24, 2.45) is 0 Å². The van der Waals surface area contributed by atoms with Crippen LogP contribution in [-0.2, 0) is 35.2 Å². The molecule has 3 aliphatic rings. The highest BCUT2D eigenvalue weighted by Gasteiger charge is 2.44. The Morgan fingerprint density at radius 1 is 0.534 bits per heavy atom. The number of carbonyl (C=O) groups is 4. The van der Waals surface area contributed by atoms with Gasteiger partial charge >= 0.3 is 11.9 Å². The molecule has 0 spiro atoms. The average Bonchev–Trinajstić information content (AvgIpc) is 3.72. The molecule has 9 rings (SSSR count). The van der Waals surface area contributed by atoms with Gasteiger partial charge in [-0.3, -0.25) is 14.4 Å². The van der Waals surface area contributed by atoms with Gasteiger partial charge in [0.1, 0.15) is 57.2 Å². The molecule has 6 aromatic rings. The van der Waals surface area contributed by atoms with Crippen molar-refractivity contribution in [2.45, 2.75) is 62.6 Å². The van der Waals surface area contributed by atoms with E-state index < -0.39 is 35.0 Å². The first-order chi connectivity index (χ1) is 35.3. The number of carboxylic acids is 1. The number of imide groups is 1. The molecule has 372 valence electrons. The van der Waals surface area contributed by atoms with E-state index in [2.05, 4.69) is 23.7 Å². The maximum atomic E-state index is 12.2. The highest BCUT2D eigenvalue weighted by Crippen LogP contribution is 2.53. The van der Waals surface area contributed by atoms with E-state index in [1.165, 1.54) is 0 Å². The average molecular weight is 986 g/mol. The van der Waals surface area contributed by atoms with Crippen LogP contribution in [0.5, 0.6) is 46.0 Å². The monoisotopic (exact) mass is 985 g/mol. The molecule has 73 heavy (non-hydrogen) atoms. The molecule has 0 radical (unpaired) electrons. The standard InChI is InChI=1S/C31H27NO8.C27H24O6/c1-37-22-11-9-21(10-12-22)31(36)24-14-8-20(18-26(24)39-27-19-23(38-2)13-15-25(27)31)6-4-3-5-7-30(35)40-32-28(33)16-17-29(32)34;1-31-20-11-9-19(10-12-20)27(30)22-14-8-18(6-4-3-5-7-26(28)29)16-24(22)33-25-17-21(32-2)13-15-23(25)27/h8-15,18-19,36H,3,5,7,16-17H2,1-2H3;8-17,30H,3,5,7H2,1-2H3,(H,28,29). The molecule has 1 fully saturated rings. The molecule has 6 aromatic carbocycles. The molecule has 0 aromatic heterocycles. The minimum atomic E-state index is -1.49. The van der Waals surface area contributed by atoms with E-state index in [9.17, 15) is 29.4 Å². The second-order valence-corrected chi connectivity index (χ2v) is 17.0. The lowest BCUT2D eigenvalue weighted by Gasteiger charge is -2.36. The summed E-state index contributed by atoms with van der Waals surface area (Å²) in [5.41, 5.74) is 2.10. The van der Waals surface area contributed by atoms with Crippen molar-refractivity contribution in [1.82, 2.24) is 5.06 Å². The zero-order valence-electron chi connectivity index (χ0n) is 40.5. The van der Waals surface area contributed by atoms with Crippen molar-refractivity contribution in [3.8, 4) is 69.7 Å². The summed E-state index contributed by atoms with van der Waals surface area (Å²) < 4.78 is 33.7. The molecule has 0 saturated carbocycles. The number of nitrogens with zero attached hydrogens (tertiary/aromatic N) is 1. The molecule has 15 heteroatoms. The highest BCUT2D eigenvalue weighted by molar-refractivity contribution is 6.01. The number of carboxylic acid groups (broad SMARTS) is 1. The maximum Gasteiger partial charge on any atom is 0.333 e. The number of aliphatic carboxylic acids is 1.